The minimum absolute atomic E-state index is 0.0684. The van der Waals surface area contributed by atoms with Crippen molar-refractivity contribution in [2.24, 2.45) is 0 Å². The van der Waals surface area contributed by atoms with Gasteiger partial charge in [0.1, 0.15) is 18.2 Å². The van der Waals surface area contributed by atoms with E-state index in [4.69, 9.17) is 20.9 Å². The van der Waals surface area contributed by atoms with E-state index in [0.717, 1.165) is 0 Å². The molecule has 9 heteroatoms. The van der Waals surface area contributed by atoms with E-state index in [1.807, 2.05) is 0 Å². The molecular formula is C22H22ClF2N3O3. The van der Waals surface area contributed by atoms with Gasteiger partial charge in [-0.2, -0.15) is 0 Å². The van der Waals surface area contributed by atoms with Crippen LogP contribution in [0.25, 0.3) is 10.9 Å². The van der Waals surface area contributed by atoms with Crippen LogP contribution in [-0.4, -0.2) is 41.1 Å². The number of nitrogens with zero attached hydrogens (tertiary/aromatic N) is 2. The Hall–Kier alpha value is -2.58. The van der Waals surface area contributed by atoms with Gasteiger partial charge < -0.3 is 14.6 Å². The lowest BCUT2D eigenvalue weighted by atomic mass is 9.91. The summed E-state index contributed by atoms with van der Waals surface area (Å²) in [4.78, 5) is 17.4. The van der Waals surface area contributed by atoms with Crippen molar-refractivity contribution in [2.75, 3.05) is 18.5 Å². The Labute approximate surface area is 182 Å². The number of ketones is 1. The van der Waals surface area contributed by atoms with Crippen LogP contribution < -0.4 is 5.32 Å². The van der Waals surface area contributed by atoms with Crippen molar-refractivity contribution in [3.8, 4) is 0 Å². The average Bonchev–Trinajstić information content (AvgIpc) is 3.13. The summed E-state index contributed by atoms with van der Waals surface area (Å²) >= 11 is 6.18. The van der Waals surface area contributed by atoms with Crippen LogP contribution in [0, 0.1) is 6.92 Å². The maximum Gasteiger partial charge on any atom is 0.290 e. The molecule has 2 aromatic heterocycles. The summed E-state index contributed by atoms with van der Waals surface area (Å²) < 4.78 is 39.0. The highest BCUT2D eigenvalue weighted by Crippen LogP contribution is 2.37. The number of fused-ring (bicyclic) bond motifs is 1. The van der Waals surface area contributed by atoms with Crippen molar-refractivity contribution >= 4 is 34.0 Å². The van der Waals surface area contributed by atoms with Gasteiger partial charge in [0.2, 0.25) is 0 Å². The Balaban J connectivity index is 1.73. The lowest BCUT2D eigenvalue weighted by Gasteiger charge is -2.33. The predicted octanol–water partition coefficient (Wildman–Crippen LogP) is 4.94. The second-order valence-electron chi connectivity index (χ2n) is 7.84. The van der Waals surface area contributed by atoms with Gasteiger partial charge in [-0.25, -0.2) is 8.78 Å². The molecule has 1 aliphatic heterocycles. The van der Waals surface area contributed by atoms with Crippen LogP contribution in [-0.2, 0) is 16.0 Å². The lowest BCUT2D eigenvalue weighted by molar-refractivity contribution is -0.122. The first kappa shape index (κ1) is 21.6. The van der Waals surface area contributed by atoms with E-state index in [2.05, 4.69) is 15.5 Å². The lowest BCUT2D eigenvalue weighted by Crippen LogP contribution is -2.47. The Morgan fingerprint density at radius 1 is 1.39 bits per heavy atom. The van der Waals surface area contributed by atoms with E-state index in [9.17, 15) is 13.6 Å². The summed E-state index contributed by atoms with van der Waals surface area (Å²) in [6.45, 7) is 3.06. The number of carbonyl (C=O) groups excluding carboxylic acids is 1. The molecule has 0 saturated carbocycles. The number of hydrogen-bond acceptors (Lipinski definition) is 6. The van der Waals surface area contributed by atoms with Gasteiger partial charge in [0.25, 0.3) is 5.92 Å². The van der Waals surface area contributed by atoms with Gasteiger partial charge in [-0.3, -0.25) is 9.78 Å². The minimum atomic E-state index is -3.05. The molecule has 1 unspecified atom stereocenters. The molecule has 1 aromatic carbocycles. The predicted molar refractivity (Wildman–Crippen MR) is 113 cm³/mol. The van der Waals surface area contributed by atoms with Crippen molar-refractivity contribution in [3.05, 3.63) is 52.5 Å². The minimum Gasteiger partial charge on any atom is -0.375 e. The number of aryl methyl sites for hydroxylation is 1. The molecule has 0 bridgehead atoms. The van der Waals surface area contributed by atoms with E-state index < -0.39 is 24.5 Å². The molecule has 0 aliphatic carbocycles. The van der Waals surface area contributed by atoms with Gasteiger partial charge >= 0.3 is 0 Å². The van der Waals surface area contributed by atoms with Gasteiger partial charge in [0.05, 0.1) is 23.7 Å². The molecule has 164 valence electrons. The number of alkyl halides is 2. The molecule has 31 heavy (non-hydrogen) atoms. The molecule has 0 radical (unpaired) electrons. The van der Waals surface area contributed by atoms with Crippen molar-refractivity contribution in [2.45, 2.75) is 44.6 Å². The fourth-order valence-electron chi connectivity index (χ4n) is 3.75. The number of halogens is 3. The highest BCUT2D eigenvalue weighted by molar-refractivity contribution is 6.31. The number of anilines is 1. The van der Waals surface area contributed by atoms with Crippen LogP contribution in [0.4, 0.5) is 14.5 Å². The smallest absolute Gasteiger partial charge is 0.290 e. The van der Waals surface area contributed by atoms with Gasteiger partial charge in [-0.15, -0.1) is 0 Å². The molecule has 0 spiro atoms. The number of rotatable bonds is 6. The third kappa shape index (κ3) is 4.55. The van der Waals surface area contributed by atoms with Gasteiger partial charge in [-0.1, -0.05) is 23.7 Å². The Morgan fingerprint density at radius 2 is 2.19 bits per heavy atom. The van der Waals surface area contributed by atoms with Crippen molar-refractivity contribution in [3.63, 3.8) is 0 Å². The number of Topliss-reactive ketones (excluding diaryl/α,β-unsaturated/α-hetero) is 1. The molecule has 1 saturated heterocycles. The van der Waals surface area contributed by atoms with E-state index in [-0.39, 0.29) is 25.2 Å². The Kier molecular flexibility index (Phi) is 5.94. The Morgan fingerprint density at radius 3 is 2.90 bits per heavy atom. The molecule has 3 aromatic rings. The monoisotopic (exact) mass is 449 g/mol. The standard InChI is InChI=1S/C22H22ClF2N3O3/c1-12-7-15(28-31-12)9-19(29)13(2)17-10-26-18-4-3-14(23)8-16(18)21(17)27-20-5-6-30-11-22(20,24)25/h3-4,7-8,10,13,20H,5-6,9,11H2,1-2H3,(H,26,27)/t13?,20-/m0/s1. The zero-order valence-electron chi connectivity index (χ0n) is 17.1. The summed E-state index contributed by atoms with van der Waals surface area (Å²) in [5, 5.41) is 7.91. The first-order valence-corrected chi connectivity index (χ1v) is 10.4. The number of hydrogen-bond donors (Lipinski definition) is 1. The summed E-state index contributed by atoms with van der Waals surface area (Å²) in [5.74, 6) is -3.17. The quantitative estimate of drug-likeness (QED) is 0.574. The van der Waals surface area contributed by atoms with Gasteiger partial charge in [0.15, 0.2) is 0 Å². The van der Waals surface area contributed by atoms with Crippen LogP contribution in [0.1, 0.15) is 36.3 Å². The number of aromatic nitrogens is 2. The fraction of sp³-hybridized carbons (Fsp3) is 0.409. The first-order valence-electron chi connectivity index (χ1n) is 10.00. The number of carbonyl (C=O) groups is 1. The van der Waals surface area contributed by atoms with E-state index >= 15 is 0 Å². The highest BCUT2D eigenvalue weighted by Gasteiger charge is 2.43. The summed E-state index contributed by atoms with van der Waals surface area (Å²) in [6, 6.07) is 5.64. The average molecular weight is 450 g/mol. The Bertz CT molecular complexity index is 1120. The normalized spacial score (nSPS) is 19.3. The summed E-state index contributed by atoms with van der Waals surface area (Å²) in [5.41, 5.74) is 2.09. The van der Waals surface area contributed by atoms with E-state index in [1.165, 1.54) is 0 Å². The first-order chi connectivity index (χ1) is 14.7. The van der Waals surface area contributed by atoms with Crippen LogP contribution in [0.5, 0.6) is 0 Å². The maximum absolute atomic E-state index is 14.5. The summed E-state index contributed by atoms with van der Waals surface area (Å²) in [7, 11) is 0. The molecule has 2 atom stereocenters. The maximum atomic E-state index is 14.5. The summed E-state index contributed by atoms with van der Waals surface area (Å²) in [6.07, 6.45) is 1.77. The highest BCUT2D eigenvalue weighted by atomic mass is 35.5. The third-order valence-corrected chi connectivity index (χ3v) is 5.75. The number of benzene rings is 1. The SMILES string of the molecule is Cc1cc(CC(=O)C(C)c2cnc3ccc(Cl)cc3c2N[C@H]2CCOCC2(F)F)no1. The van der Waals surface area contributed by atoms with E-state index in [0.29, 0.717) is 38.6 Å². The molecule has 0 amide bonds. The van der Waals surface area contributed by atoms with Crippen molar-refractivity contribution < 1.29 is 22.8 Å². The van der Waals surface area contributed by atoms with E-state index in [1.54, 1.807) is 44.3 Å². The molecule has 1 fully saturated rings. The molecule has 1 N–H and O–H groups in total. The number of ether oxygens (including phenoxy) is 1. The van der Waals surface area contributed by atoms with Crippen LogP contribution in [0.2, 0.25) is 5.02 Å². The molecule has 1 aliphatic rings. The van der Waals surface area contributed by atoms with Crippen molar-refractivity contribution in [1.82, 2.24) is 10.1 Å². The van der Waals surface area contributed by atoms with Crippen molar-refractivity contribution in [1.29, 1.82) is 0 Å². The molecule has 3 heterocycles. The molecule has 6 nitrogen and oxygen atoms in total. The van der Waals surface area contributed by atoms with Crippen LogP contribution in [0.15, 0.2) is 35.0 Å². The number of pyridine rings is 1. The second kappa shape index (κ2) is 8.51. The fourth-order valence-corrected chi connectivity index (χ4v) is 3.92. The zero-order chi connectivity index (χ0) is 22.2. The van der Waals surface area contributed by atoms with Gasteiger partial charge in [-0.05, 0) is 31.5 Å². The number of nitrogens with one attached hydrogen (secondary N) is 1. The second-order valence-corrected chi connectivity index (χ2v) is 8.28. The van der Waals surface area contributed by atoms with Crippen LogP contribution in [0.3, 0.4) is 0 Å². The molecule has 4 rings (SSSR count). The van der Waals surface area contributed by atoms with Crippen LogP contribution >= 0.6 is 11.6 Å². The van der Waals surface area contributed by atoms with Gasteiger partial charge in [0, 0.05) is 46.4 Å². The topological polar surface area (TPSA) is 77.2 Å². The molecular weight excluding hydrogens is 428 g/mol. The third-order valence-electron chi connectivity index (χ3n) is 5.51. The zero-order valence-corrected chi connectivity index (χ0v) is 17.9. The largest absolute Gasteiger partial charge is 0.375 e.